The molecular formula is C24H20ClFN4O6. The van der Waals surface area contributed by atoms with Crippen molar-refractivity contribution in [2.75, 3.05) is 20.6 Å². The molecule has 1 aliphatic rings. The number of rotatable bonds is 5. The van der Waals surface area contributed by atoms with Crippen LogP contribution in [0.3, 0.4) is 0 Å². The molecule has 36 heavy (non-hydrogen) atoms. The van der Waals surface area contributed by atoms with Crippen molar-refractivity contribution in [2.24, 2.45) is 0 Å². The van der Waals surface area contributed by atoms with E-state index in [2.05, 4.69) is 0 Å². The van der Waals surface area contributed by atoms with E-state index in [0.29, 0.717) is 5.56 Å². The van der Waals surface area contributed by atoms with Gasteiger partial charge in [-0.25, -0.2) is 4.39 Å². The van der Waals surface area contributed by atoms with Crippen molar-refractivity contribution >= 4 is 29.1 Å². The van der Waals surface area contributed by atoms with E-state index in [4.69, 9.17) is 11.6 Å². The van der Waals surface area contributed by atoms with Crippen LogP contribution in [0.4, 0.5) is 10.1 Å². The van der Waals surface area contributed by atoms with E-state index in [0.717, 1.165) is 4.57 Å². The summed E-state index contributed by atoms with van der Waals surface area (Å²) in [5, 5.41) is 21.7. The molecule has 2 amide bonds. The van der Waals surface area contributed by atoms with Gasteiger partial charge in [0.25, 0.3) is 23.1 Å². The summed E-state index contributed by atoms with van der Waals surface area (Å²) in [5.41, 5.74) is -0.810. The molecular weight excluding hydrogens is 495 g/mol. The molecule has 10 nitrogen and oxygen atoms in total. The Kier molecular flexibility index (Phi) is 6.51. The van der Waals surface area contributed by atoms with Crippen molar-refractivity contribution in [3.05, 3.63) is 96.2 Å². The third kappa shape index (κ3) is 4.29. The fourth-order valence-electron chi connectivity index (χ4n) is 4.11. The number of halogens is 2. The Morgan fingerprint density at radius 2 is 1.86 bits per heavy atom. The zero-order chi connectivity index (χ0) is 26.3. The Bertz CT molecular complexity index is 1470. The van der Waals surface area contributed by atoms with Crippen LogP contribution in [-0.2, 0) is 13.0 Å². The molecule has 0 saturated carbocycles. The highest BCUT2D eigenvalue weighted by Crippen LogP contribution is 2.31. The minimum absolute atomic E-state index is 0.0418. The van der Waals surface area contributed by atoms with Gasteiger partial charge in [0.05, 0.1) is 21.2 Å². The van der Waals surface area contributed by atoms with Crippen LogP contribution in [-0.4, -0.2) is 56.9 Å². The Morgan fingerprint density at radius 3 is 2.44 bits per heavy atom. The van der Waals surface area contributed by atoms with Crippen LogP contribution in [0.2, 0.25) is 5.02 Å². The molecule has 1 N–H and O–H groups in total. The van der Waals surface area contributed by atoms with Crippen molar-refractivity contribution in [1.82, 2.24) is 14.4 Å². The van der Waals surface area contributed by atoms with Gasteiger partial charge in [0.2, 0.25) is 0 Å². The Morgan fingerprint density at radius 1 is 1.19 bits per heavy atom. The average Bonchev–Trinajstić information content (AvgIpc) is 2.84. The van der Waals surface area contributed by atoms with Crippen molar-refractivity contribution in [3.63, 3.8) is 0 Å². The number of hydrogen-bond acceptors (Lipinski definition) is 6. The van der Waals surface area contributed by atoms with Crippen LogP contribution in [0, 0.1) is 15.9 Å². The molecule has 0 aliphatic carbocycles. The quantitative estimate of drug-likeness (QED) is 0.412. The van der Waals surface area contributed by atoms with Crippen LogP contribution in [0.5, 0.6) is 5.75 Å². The highest BCUT2D eigenvalue weighted by Gasteiger charge is 2.35. The first-order valence-corrected chi connectivity index (χ1v) is 11.1. The number of nitro groups is 1. The molecule has 0 bridgehead atoms. The number of amides is 2. The van der Waals surface area contributed by atoms with Crippen LogP contribution >= 0.6 is 11.6 Å². The monoisotopic (exact) mass is 514 g/mol. The lowest BCUT2D eigenvalue weighted by Crippen LogP contribution is -2.42. The number of non-ortho nitro benzene ring substituents is 1. The molecule has 4 rings (SSSR count). The first-order valence-electron chi connectivity index (χ1n) is 10.7. The lowest BCUT2D eigenvalue weighted by molar-refractivity contribution is -0.384. The Hall–Kier alpha value is -4.25. The molecule has 0 unspecified atom stereocenters. The highest BCUT2D eigenvalue weighted by atomic mass is 35.5. The van der Waals surface area contributed by atoms with Gasteiger partial charge in [0.15, 0.2) is 5.75 Å². The zero-order valence-corrected chi connectivity index (χ0v) is 20.0. The number of hydrogen-bond donors (Lipinski definition) is 1. The third-order valence-electron chi connectivity index (χ3n) is 5.87. The standard InChI is InChI=1S/C24H20ClFN4O6/c1-27(2)23(33)20-16-9-10-28(12-13-3-8-18(26)17(25)11-13)22(32)19(16)21(31)24(34)29(20)14-4-6-15(7-5-14)30(35)36/h3-8,11,31H,9-10,12H2,1-2H3. The van der Waals surface area contributed by atoms with Gasteiger partial charge >= 0.3 is 0 Å². The van der Waals surface area contributed by atoms with Crippen molar-refractivity contribution in [1.29, 1.82) is 0 Å². The minimum atomic E-state index is -1.02. The van der Waals surface area contributed by atoms with E-state index in [-0.39, 0.29) is 52.7 Å². The lowest BCUT2D eigenvalue weighted by Gasteiger charge is -2.31. The predicted molar refractivity (Wildman–Crippen MR) is 128 cm³/mol. The third-order valence-corrected chi connectivity index (χ3v) is 6.16. The zero-order valence-electron chi connectivity index (χ0n) is 19.2. The molecule has 1 aliphatic heterocycles. The molecule has 0 atom stereocenters. The molecule has 0 saturated heterocycles. The fraction of sp³-hybridized carbons (Fsp3) is 0.208. The second-order valence-corrected chi connectivity index (χ2v) is 8.80. The van der Waals surface area contributed by atoms with E-state index < -0.39 is 33.9 Å². The molecule has 0 spiro atoms. The molecule has 3 aromatic rings. The van der Waals surface area contributed by atoms with Gasteiger partial charge in [-0.3, -0.25) is 29.1 Å². The molecule has 12 heteroatoms. The summed E-state index contributed by atoms with van der Waals surface area (Å²) >= 11 is 5.84. The first kappa shape index (κ1) is 24.9. The number of aromatic hydroxyl groups is 1. The van der Waals surface area contributed by atoms with Gasteiger partial charge in [0.1, 0.15) is 11.5 Å². The van der Waals surface area contributed by atoms with Gasteiger partial charge in [-0.1, -0.05) is 17.7 Å². The molecule has 0 radical (unpaired) electrons. The second-order valence-electron chi connectivity index (χ2n) is 8.39. The van der Waals surface area contributed by atoms with Gasteiger partial charge in [0, 0.05) is 44.9 Å². The van der Waals surface area contributed by atoms with Crippen molar-refractivity contribution in [2.45, 2.75) is 13.0 Å². The average molecular weight is 515 g/mol. The van der Waals surface area contributed by atoms with E-state index in [1.165, 1.54) is 66.4 Å². The molecule has 1 aromatic heterocycles. The van der Waals surface area contributed by atoms with Crippen LogP contribution in [0.1, 0.15) is 32.0 Å². The first-order chi connectivity index (χ1) is 17.0. The molecule has 0 fully saturated rings. The summed E-state index contributed by atoms with van der Waals surface area (Å²) in [4.78, 5) is 52.9. The van der Waals surface area contributed by atoms with E-state index >= 15 is 0 Å². The van der Waals surface area contributed by atoms with E-state index in [1.807, 2.05) is 0 Å². The number of nitro benzene ring substituents is 1. The number of fused-ring (bicyclic) bond motifs is 1. The smallest absolute Gasteiger partial charge is 0.298 e. The largest absolute Gasteiger partial charge is 0.502 e. The summed E-state index contributed by atoms with van der Waals surface area (Å²) in [5.74, 6) is -2.71. The van der Waals surface area contributed by atoms with Crippen LogP contribution < -0.4 is 5.56 Å². The summed E-state index contributed by atoms with van der Waals surface area (Å²) in [6, 6.07) is 8.94. The summed E-state index contributed by atoms with van der Waals surface area (Å²) in [7, 11) is 2.95. The minimum Gasteiger partial charge on any atom is -0.502 e. The SMILES string of the molecule is CN(C)C(=O)c1c2c(c(O)c(=O)n1-c1ccc([N+](=O)[O-])cc1)C(=O)N(Cc1ccc(F)c(Cl)c1)CC2. The van der Waals surface area contributed by atoms with E-state index in [9.17, 15) is 34.0 Å². The normalized spacial score (nSPS) is 12.9. The van der Waals surface area contributed by atoms with Gasteiger partial charge in [-0.05, 0) is 36.2 Å². The van der Waals surface area contributed by atoms with Crippen LogP contribution in [0.25, 0.3) is 5.69 Å². The number of carbonyl (C=O) groups excluding carboxylic acids is 2. The maximum absolute atomic E-state index is 13.5. The Labute approximate surface area is 208 Å². The predicted octanol–water partition coefficient (Wildman–Crippen LogP) is 3.14. The van der Waals surface area contributed by atoms with Crippen molar-refractivity contribution < 1.29 is 24.0 Å². The van der Waals surface area contributed by atoms with Crippen molar-refractivity contribution in [3.8, 4) is 11.4 Å². The number of pyridine rings is 1. The number of benzene rings is 2. The van der Waals surface area contributed by atoms with Crippen LogP contribution in [0.15, 0.2) is 47.3 Å². The van der Waals surface area contributed by atoms with Gasteiger partial charge < -0.3 is 14.9 Å². The number of aromatic nitrogens is 1. The summed E-state index contributed by atoms with van der Waals surface area (Å²) in [6.45, 7) is 0.187. The molecule has 186 valence electrons. The summed E-state index contributed by atoms with van der Waals surface area (Å²) < 4.78 is 14.5. The molecule has 2 aromatic carbocycles. The highest BCUT2D eigenvalue weighted by molar-refractivity contribution is 6.30. The maximum Gasteiger partial charge on any atom is 0.298 e. The van der Waals surface area contributed by atoms with Gasteiger partial charge in [-0.15, -0.1) is 0 Å². The van der Waals surface area contributed by atoms with Gasteiger partial charge in [-0.2, -0.15) is 0 Å². The number of carbonyl (C=O) groups is 2. The van der Waals surface area contributed by atoms with E-state index in [1.54, 1.807) is 0 Å². The lowest BCUT2D eigenvalue weighted by atomic mass is 9.95. The number of nitrogens with zero attached hydrogens (tertiary/aromatic N) is 4. The topological polar surface area (TPSA) is 126 Å². The maximum atomic E-state index is 13.5. The summed E-state index contributed by atoms with van der Waals surface area (Å²) in [6.07, 6.45) is 0.131. The fourth-order valence-corrected chi connectivity index (χ4v) is 4.31. The second kappa shape index (κ2) is 9.42. The Balaban J connectivity index is 1.86. The molecule has 2 heterocycles.